The SMILES string of the molecule is C1COCOC1.CCC1=CCCCC1. The van der Waals surface area contributed by atoms with Crippen LogP contribution in [-0.4, -0.2) is 20.0 Å². The Morgan fingerprint density at radius 3 is 2.21 bits per heavy atom. The molecule has 0 spiro atoms. The highest BCUT2D eigenvalue weighted by molar-refractivity contribution is 5.03. The Labute approximate surface area is 87.3 Å². The van der Waals surface area contributed by atoms with E-state index in [-0.39, 0.29) is 0 Å². The van der Waals surface area contributed by atoms with E-state index >= 15 is 0 Å². The van der Waals surface area contributed by atoms with Crippen molar-refractivity contribution in [3.05, 3.63) is 11.6 Å². The highest BCUT2D eigenvalue weighted by Crippen LogP contribution is 2.18. The summed E-state index contributed by atoms with van der Waals surface area (Å²) in [6, 6.07) is 0. The summed E-state index contributed by atoms with van der Waals surface area (Å²) >= 11 is 0. The number of ether oxygens (including phenoxy) is 2. The fourth-order valence-electron chi connectivity index (χ4n) is 1.67. The predicted octanol–water partition coefficient (Wildman–Crippen LogP) is 3.28. The zero-order valence-corrected chi connectivity index (χ0v) is 9.26. The second kappa shape index (κ2) is 8.01. The van der Waals surface area contributed by atoms with Crippen LogP contribution in [0.5, 0.6) is 0 Å². The van der Waals surface area contributed by atoms with E-state index in [1.165, 1.54) is 32.1 Å². The normalized spacial score (nSPS) is 21.9. The van der Waals surface area contributed by atoms with Gasteiger partial charge >= 0.3 is 0 Å². The van der Waals surface area contributed by atoms with Gasteiger partial charge in [-0.25, -0.2) is 0 Å². The third-order valence-electron chi connectivity index (χ3n) is 2.58. The molecule has 2 rings (SSSR count). The molecule has 0 saturated carbocycles. The molecular formula is C12H22O2. The Balaban J connectivity index is 0.000000146. The zero-order valence-electron chi connectivity index (χ0n) is 9.26. The minimum atomic E-state index is 0.500. The van der Waals surface area contributed by atoms with Crippen molar-refractivity contribution in [2.24, 2.45) is 0 Å². The van der Waals surface area contributed by atoms with Gasteiger partial charge in [0.25, 0.3) is 0 Å². The summed E-state index contributed by atoms with van der Waals surface area (Å²) in [5, 5.41) is 0. The first kappa shape index (κ1) is 11.7. The van der Waals surface area contributed by atoms with Crippen molar-refractivity contribution in [2.45, 2.75) is 45.4 Å². The van der Waals surface area contributed by atoms with Crippen molar-refractivity contribution < 1.29 is 9.47 Å². The van der Waals surface area contributed by atoms with E-state index in [4.69, 9.17) is 9.47 Å². The molecule has 2 aliphatic rings. The van der Waals surface area contributed by atoms with Crippen LogP contribution in [0.3, 0.4) is 0 Å². The summed E-state index contributed by atoms with van der Waals surface area (Å²) in [5.41, 5.74) is 1.68. The van der Waals surface area contributed by atoms with Gasteiger partial charge in [0.05, 0.1) is 13.2 Å². The van der Waals surface area contributed by atoms with Gasteiger partial charge < -0.3 is 9.47 Å². The predicted molar refractivity (Wildman–Crippen MR) is 58.2 cm³/mol. The molecule has 14 heavy (non-hydrogen) atoms. The van der Waals surface area contributed by atoms with Crippen LogP contribution in [0.2, 0.25) is 0 Å². The van der Waals surface area contributed by atoms with Crippen LogP contribution in [0.25, 0.3) is 0 Å². The lowest BCUT2D eigenvalue weighted by molar-refractivity contribution is -0.0963. The third kappa shape index (κ3) is 5.40. The van der Waals surface area contributed by atoms with E-state index in [9.17, 15) is 0 Å². The van der Waals surface area contributed by atoms with Crippen molar-refractivity contribution in [1.82, 2.24) is 0 Å². The van der Waals surface area contributed by atoms with E-state index in [0.717, 1.165) is 19.6 Å². The molecule has 82 valence electrons. The van der Waals surface area contributed by atoms with Crippen molar-refractivity contribution in [3.8, 4) is 0 Å². The monoisotopic (exact) mass is 198 g/mol. The van der Waals surface area contributed by atoms with Crippen molar-refractivity contribution >= 4 is 0 Å². The van der Waals surface area contributed by atoms with E-state index in [0.29, 0.717) is 6.79 Å². The second-order valence-electron chi connectivity index (χ2n) is 3.75. The molecule has 0 amide bonds. The second-order valence-corrected chi connectivity index (χ2v) is 3.75. The average molecular weight is 198 g/mol. The van der Waals surface area contributed by atoms with Gasteiger partial charge in [0.2, 0.25) is 0 Å². The van der Waals surface area contributed by atoms with Crippen LogP contribution in [0.1, 0.15) is 45.4 Å². The summed E-state index contributed by atoms with van der Waals surface area (Å²) < 4.78 is 9.69. The Kier molecular flexibility index (Phi) is 6.71. The largest absolute Gasteiger partial charge is 0.355 e. The van der Waals surface area contributed by atoms with Crippen LogP contribution < -0.4 is 0 Å². The topological polar surface area (TPSA) is 18.5 Å². The quantitative estimate of drug-likeness (QED) is 0.602. The van der Waals surface area contributed by atoms with Crippen LogP contribution >= 0.6 is 0 Å². The molecule has 0 radical (unpaired) electrons. The minimum Gasteiger partial charge on any atom is -0.355 e. The first-order valence-electron chi connectivity index (χ1n) is 5.77. The summed E-state index contributed by atoms with van der Waals surface area (Å²) in [7, 11) is 0. The maximum atomic E-state index is 4.85. The Morgan fingerprint density at radius 2 is 1.93 bits per heavy atom. The van der Waals surface area contributed by atoms with Crippen LogP contribution in [0.15, 0.2) is 11.6 Å². The molecule has 0 N–H and O–H groups in total. The number of allylic oxidation sites excluding steroid dienone is 2. The molecule has 0 bridgehead atoms. The van der Waals surface area contributed by atoms with Crippen LogP contribution in [-0.2, 0) is 9.47 Å². The third-order valence-corrected chi connectivity index (χ3v) is 2.58. The molecule has 2 heteroatoms. The van der Waals surface area contributed by atoms with Crippen LogP contribution in [0.4, 0.5) is 0 Å². The highest BCUT2D eigenvalue weighted by atomic mass is 16.7. The first-order valence-corrected chi connectivity index (χ1v) is 5.77. The molecule has 1 fully saturated rings. The Bertz CT molecular complexity index is 148. The lowest BCUT2D eigenvalue weighted by Gasteiger charge is -2.09. The van der Waals surface area contributed by atoms with Gasteiger partial charge in [0.15, 0.2) is 0 Å². The van der Waals surface area contributed by atoms with E-state index in [1.54, 1.807) is 5.57 Å². The van der Waals surface area contributed by atoms with Gasteiger partial charge in [-0.2, -0.15) is 0 Å². The van der Waals surface area contributed by atoms with Gasteiger partial charge in [-0.05, 0) is 38.5 Å². The van der Waals surface area contributed by atoms with Crippen molar-refractivity contribution in [3.63, 3.8) is 0 Å². The highest BCUT2D eigenvalue weighted by Gasteiger charge is 1.98. The summed E-state index contributed by atoms with van der Waals surface area (Å²) in [6.07, 6.45) is 10.3. The minimum absolute atomic E-state index is 0.500. The maximum Gasteiger partial charge on any atom is 0.146 e. The van der Waals surface area contributed by atoms with Gasteiger partial charge in [0, 0.05) is 0 Å². The number of rotatable bonds is 1. The molecule has 2 nitrogen and oxygen atoms in total. The zero-order chi connectivity index (χ0) is 10.1. The molecule has 0 unspecified atom stereocenters. The molecule has 0 atom stereocenters. The van der Waals surface area contributed by atoms with Gasteiger partial charge in [0.1, 0.15) is 6.79 Å². The van der Waals surface area contributed by atoms with E-state index in [1.807, 2.05) is 0 Å². The van der Waals surface area contributed by atoms with Crippen molar-refractivity contribution in [1.29, 1.82) is 0 Å². The van der Waals surface area contributed by atoms with Gasteiger partial charge in [-0.3, -0.25) is 0 Å². The lowest BCUT2D eigenvalue weighted by atomic mass is 9.98. The summed E-state index contributed by atoms with van der Waals surface area (Å²) in [4.78, 5) is 0. The standard InChI is InChI=1S/C8H14.C4H8O2/c1-2-8-6-4-3-5-7-8;1-2-5-4-6-3-1/h6H,2-5,7H2,1H3;1-4H2. The molecule has 1 aliphatic carbocycles. The lowest BCUT2D eigenvalue weighted by Crippen LogP contribution is -2.11. The summed E-state index contributed by atoms with van der Waals surface area (Å²) in [6.45, 7) is 4.50. The fraction of sp³-hybridized carbons (Fsp3) is 0.833. The maximum absolute atomic E-state index is 4.85. The Morgan fingerprint density at radius 1 is 1.14 bits per heavy atom. The van der Waals surface area contributed by atoms with Gasteiger partial charge in [-0.1, -0.05) is 18.6 Å². The number of hydrogen-bond donors (Lipinski definition) is 0. The smallest absolute Gasteiger partial charge is 0.146 e. The Hall–Kier alpha value is -0.340. The first-order chi connectivity index (χ1) is 6.93. The van der Waals surface area contributed by atoms with Crippen LogP contribution in [0, 0.1) is 0 Å². The van der Waals surface area contributed by atoms with Gasteiger partial charge in [-0.15, -0.1) is 0 Å². The molecular weight excluding hydrogens is 176 g/mol. The molecule has 1 heterocycles. The average Bonchev–Trinajstić information content (AvgIpc) is 2.33. The fourth-order valence-corrected chi connectivity index (χ4v) is 1.67. The van der Waals surface area contributed by atoms with E-state index in [2.05, 4.69) is 13.0 Å². The molecule has 1 aliphatic heterocycles. The molecule has 0 aromatic rings. The van der Waals surface area contributed by atoms with E-state index < -0.39 is 0 Å². The molecule has 1 saturated heterocycles. The van der Waals surface area contributed by atoms with Crippen molar-refractivity contribution in [2.75, 3.05) is 20.0 Å². The molecule has 0 aromatic carbocycles. The molecule has 0 aromatic heterocycles. The summed E-state index contributed by atoms with van der Waals surface area (Å²) in [5.74, 6) is 0. The number of hydrogen-bond acceptors (Lipinski definition) is 2.